The van der Waals surface area contributed by atoms with Gasteiger partial charge in [0.25, 0.3) is 5.91 Å². The van der Waals surface area contributed by atoms with Crippen molar-refractivity contribution in [3.8, 4) is 0 Å². The van der Waals surface area contributed by atoms with Gasteiger partial charge in [0.1, 0.15) is 12.0 Å². The van der Waals surface area contributed by atoms with Gasteiger partial charge in [0, 0.05) is 9.90 Å². The lowest BCUT2D eigenvalue weighted by molar-refractivity contribution is -0.126. The van der Waals surface area contributed by atoms with Crippen molar-refractivity contribution >= 4 is 46.1 Å². The van der Waals surface area contributed by atoms with Gasteiger partial charge in [-0.1, -0.05) is 41.9 Å². The molecule has 0 saturated carbocycles. The minimum atomic E-state index is -0.867. The fourth-order valence-electron chi connectivity index (χ4n) is 4.04. The van der Waals surface area contributed by atoms with Gasteiger partial charge in [-0.2, -0.15) is 0 Å². The Morgan fingerprint density at radius 2 is 1.76 bits per heavy atom. The number of anilines is 2. The second kappa shape index (κ2) is 6.99. The first-order valence-electron chi connectivity index (χ1n) is 9.25. The van der Waals surface area contributed by atoms with Crippen LogP contribution in [0.15, 0.2) is 66.0 Å². The van der Waals surface area contributed by atoms with Crippen LogP contribution in [0.25, 0.3) is 0 Å². The van der Waals surface area contributed by atoms with Gasteiger partial charge in [-0.15, -0.1) is 11.3 Å². The van der Waals surface area contributed by atoms with E-state index in [-0.39, 0.29) is 17.9 Å². The molecule has 1 aromatic heterocycles. The minimum Gasteiger partial charge on any atom is -0.273 e. The predicted molar refractivity (Wildman–Crippen MR) is 113 cm³/mol. The molecule has 0 bridgehead atoms. The molecule has 2 aromatic carbocycles. The van der Waals surface area contributed by atoms with Crippen molar-refractivity contribution in [2.24, 2.45) is 5.92 Å². The van der Waals surface area contributed by atoms with Gasteiger partial charge in [0.2, 0.25) is 5.91 Å². The molecule has 29 heavy (non-hydrogen) atoms. The van der Waals surface area contributed by atoms with Gasteiger partial charge in [-0.25, -0.2) is 9.96 Å². The van der Waals surface area contributed by atoms with E-state index in [2.05, 4.69) is 0 Å². The average molecular weight is 425 g/mol. The summed E-state index contributed by atoms with van der Waals surface area (Å²) in [5, 5.41) is 4.19. The van der Waals surface area contributed by atoms with Gasteiger partial charge in [-0.3, -0.25) is 14.4 Å². The normalized spacial score (nSPS) is 23.7. The lowest BCUT2D eigenvalue weighted by atomic mass is 9.95. The number of hydrogen-bond acceptors (Lipinski definition) is 5. The first kappa shape index (κ1) is 18.4. The van der Waals surface area contributed by atoms with E-state index in [1.807, 2.05) is 47.8 Å². The predicted octanol–water partition coefficient (Wildman–Crippen LogP) is 4.76. The molecule has 3 heterocycles. The Morgan fingerprint density at radius 1 is 0.966 bits per heavy atom. The molecule has 0 spiro atoms. The Labute approximate surface area is 177 Å². The molecular formula is C22H17ClN2O3S. The molecule has 2 saturated heterocycles. The molecule has 146 valence electrons. The number of rotatable bonds is 3. The van der Waals surface area contributed by atoms with E-state index in [0.29, 0.717) is 16.3 Å². The maximum atomic E-state index is 13.5. The van der Waals surface area contributed by atoms with Crippen molar-refractivity contribution in [2.75, 3.05) is 9.96 Å². The van der Waals surface area contributed by atoms with E-state index < -0.39 is 12.0 Å². The van der Waals surface area contributed by atoms with Crippen LogP contribution >= 0.6 is 22.9 Å². The van der Waals surface area contributed by atoms with Gasteiger partial charge in [0.05, 0.1) is 11.4 Å². The second-order valence-corrected chi connectivity index (χ2v) is 8.46. The third kappa shape index (κ3) is 2.79. The first-order chi connectivity index (χ1) is 14.1. The topological polar surface area (TPSA) is 49.9 Å². The molecule has 0 aliphatic carbocycles. The monoisotopic (exact) mass is 424 g/mol. The highest BCUT2D eigenvalue weighted by atomic mass is 35.5. The molecule has 2 aliphatic rings. The third-order valence-electron chi connectivity index (χ3n) is 5.44. The van der Waals surface area contributed by atoms with Crippen molar-refractivity contribution < 1.29 is 14.4 Å². The Kier molecular flexibility index (Phi) is 4.42. The fraction of sp³-hybridized carbons (Fsp3) is 0.182. The zero-order valence-corrected chi connectivity index (χ0v) is 17.1. The van der Waals surface area contributed by atoms with Crippen LogP contribution in [-0.2, 0) is 14.4 Å². The van der Waals surface area contributed by atoms with Crippen molar-refractivity contribution in [1.82, 2.24) is 0 Å². The van der Waals surface area contributed by atoms with Crippen LogP contribution in [0.1, 0.15) is 16.5 Å². The molecule has 7 heteroatoms. The van der Waals surface area contributed by atoms with Crippen LogP contribution in [0.3, 0.4) is 0 Å². The maximum absolute atomic E-state index is 13.5. The Balaban J connectivity index is 1.59. The standard InChI is InChI=1S/C22H17ClN2O3S/c1-13-15(23)9-5-10-16(13)24-21(26)18-19(17-11-6-12-29-17)25(28-20(18)22(24)27)14-7-3-2-4-8-14/h2-12,18-20H,1H3/t18-,19+,20+/m0/s1. The largest absolute Gasteiger partial charge is 0.273 e. The number of hydrogen-bond donors (Lipinski definition) is 0. The Hall–Kier alpha value is -2.67. The average Bonchev–Trinajstić information content (AvgIpc) is 3.43. The zero-order chi connectivity index (χ0) is 20.1. The van der Waals surface area contributed by atoms with E-state index in [1.54, 1.807) is 41.5 Å². The van der Waals surface area contributed by atoms with Crippen LogP contribution in [0.2, 0.25) is 5.02 Å². The lowest BCUT2D eigenvalue weighted by Gasteiger charge is -2.28. The SMILES string of the molecule is Cc1c(Cl)cccc1N1C(=O)[C@H]2[C@@H](c3cccs3)N(c3ccccc3)O[C@H]2C1=O. The van der Waals surface area contributed by atoms with E-state index in [0.717, 1.165) is 10.6 Å². The zero-order valence-electron chi connectivity index (χ0n) is 15.5. The van der Waals surface area contributed by atoms with Gasteiger partial charge < -0.3 is 0 Å². The van der Waals surface area contributed by atoms with E-state index in [1.165, 1.54) is 4.90 Å². The minimum absolute atomic E-state index is 0.262. The summed E-state index contributed by atoms with van der Waals surface area (Å²) in [5.41, 5.74) is 2.02. The van der Waals surface area contributed by atoms with Crippen molar-refractivity contribution in [3.05, 3.63) is 81.5 Å². The highest BCUT2D eigenvalue weighted by Gasteiger charge is 2.60. The van der Waals surface area contributed by atoms with Crippen LogP contribution in [0.4, 0.5) is 11.4 Å². The second-order valence-electron chi connectivity index (χ2n) is 7.07. The van der Waals surface area contributed by atoms with Crippen LogP contribution in [0.5, 0.6) is 0 Å². The highest BCUT2D eigenvalue weighted by Crippen LogP contribution is 2.49. The summed E-state index contributed by atoms with van der Waals surface area (Å²) in [6.07, 6.45) is -0.867. The molecule has 2 amide bonds. The lowest BCUT2D eigenvalue weighted by Crippen LogP contribution is -2.37. The number of nitrogens with zero attached hydrogens (tertiary/aromatic N) is 2. The molecule has 3 atom stereocenters. The van der Waals surface area contributed by atoms with Crippen molar-refractivity contribution in [3.63, 3.8) is 0 Å². The summed E-state index contributed by atoms with van der Waals surface area (Å²) in [6.45, 7) is 1.81. The molecule has 5 rings (SSSR count). The van der Waals surface area contributed by atoms with Gasteiger partial charge in [-0.05, 0) is 48.2 Å². The number of halogens is 1. The van der Waals surface area contributed by atoms with Gasteiger partial charge in [0.15, 0.2) is 6.10 Å². The van der Waals surface area contributed by atoms with E-state index >= 15 is 0 Å². The first-order valence-corrected chi connectivity index (χ1v) is 10.5. The third-order valence-corrected chi connectivity index (χ3v) is 6.79. The number of carbonyl (C=O) groups is 2. The summed E-state index contributed by atoms with van der Waals surface area (Å²) in [7, 11) is 0. The number of benzene rings is 2. The number of fused-ring (bicyclic) bond motifs is 1. The van der Waals surface area contributed by atoms with Gasteiger partial charge >= 0.3 is 0 Å². The molecule has 3 aromatic rings. The van der Waals surface area contributed by atoms with E-state index in [4.69, 9.17) is 16.4 Å². The number of imide groups is 1. The van der Waals surface area contributed by atoms with Crippen molar-refractivity contribution in [2.45, 2.75) is 19.1 Å². The van der Waals surface area contributed by atoms with Crippen LogP contribution in [-0.4, -0.2) is 17.9 Å². The molecule has 2 aliphatic heterocycles. The summed E-state index contributed by atoms with van der Waals surface area (Å²) < 4.78 is 0. The Bertz CT molecular complexity index is 1090. The van der Waals surface area contributed by atoms with Crippen LogP contribution in [0, 0.1) is 12.8 Å². The summed E-state index contributed by atoms with van der Waals surface area (Å²) in [5.74, 6) is -1.24. The fourth-order valence-corrected chi connectivity index (χ4v) is 5.06. The summed E-state index contributed by atoms with van der Waals surface area (Å²) in [6, 6.07) is 18.3. The Morgan fingerprint density at radius 3 is 2.48 bits per heavy atom. The highest BCUT2D eigenvalue weighted by molar-refractivity contribution is 7.10. The molecule has 0 unspecified atom stereocenters. The number of thiophene rings is 1. The van der Waals surface area contributed by atoms with Crippen molar-refractivity contribution in [1.29, 1.82) is 0 Å². The number of hydroxylamine groups is 1. The number of carbonyl (C=O) groups excluding carboxylic acids is 2. The molecular weight excluding hydrogens is 408 g/mol. The molecule has 2 fully saturated rings. The quantitative estimate of drug-likeness (QED) is 0.569. The maximum Gasteiger partial charge on any atom is 0.266 e. The molecule has 5 nitrogen and oxygen atoms in total. The molecule has 0 radical (unpaired) electrons. The number of amides is 2. The summed E-state index contributed by atoms with van der Waals surface area (Å²) >= 11 is 7.78. The number of para-hydroxylation sites is 1. The summed E-state index contributed by atoms with van der Waals surface area (Å²) in [4.78, 5) is 35.1. The van der Waals surface area contributed by atoms with E-state index in [9.17, 15) is 9.59 Å². The van der Waals surface area contributed by atoms with Crippen LogP contribution < -0.4 is 9.96 Å². The molecule has 0 N–H and O–H groups in total. The smallest absolute Gasteiger partial charge is 0.266 e.